The van der Waals surface area contributed by atoms with Crippen molar-refractivity contribution in [3.8, 4) is 23.0 Å². The van der Waals surface area contributed by atoms with Crippen molar-refractivity contribution in [1.82, 2.24) is 0 Å². The molecule has 0 bridgehead atoms. The lowest BCUT2D eigenvalue weighted by atomic mass is 10.2. The van der Waals surface area contributed by atoms with Crippen molar-refractivity contribution in [2.24, 2.45) is 4.99 Å². The maximum Gasteiger partial charge on any atom is 0.240 e. The van der Waals surface area contributed by atoms with E-state index in [1.165, 1.54) is 6.08 Å². The van der Waals surface area contributed by atoms with Gasteiger partial charge in [-0.2, -0.15) is 4.99 Å². The first-order chi connectivity index (χ1) is 14.6. The van der Waals surface area contributed by atoms with E-state index in [1.807, 2.05) is 48.5 Å². The molecule has 30 heavy (non-hydrogen) atoms. The first-order valence-electron chi connectivity index (χ1n) is 9.06. The van der Waals surface area contributed by atoms with Gasteiger partial charge in [0.15, 0.2) is 11.5 Å². The number of aliphatic imine (C=N–C) groups is 1. The Hall–Kier alpha value is -3.47. The van der Waals surface area contributed by atoms with Gasteiger partial charge in [0.2, 0.25) is 6.08 Å². The Labute approximate surface area is 179 Å². The molecule has 0 heterocycles. The van der Waals surface area contributed by atoms with Crippen LogP contribution in [0.3, 0.4) is 0 Å². The lowest BCUT2D eigenvalue weighted by Crippen LogP contribution is -2.01. The van der Waals surface area contributed by atoms with Gasteiger partial charge in [-0.3, -0.25) is 0 Å². The van der Waals surface area contributed by atoms with Gasteiger partial charge in [-0.15, -0.1) is 0 Å². The standard InChI is InChI=1S/C23H20ClNO5/c1-27-18-7-3-16(4-8-18)13-29-21-12-11-20(25-15-26)22(24)23(21)30-14-17-5-9-19(28-2)10-6-17/h3-12H,13-14H2,1-2H3. The van der Waals surface area contributed by atoms with Crippen LogP contribution in [0.4, 0.5) is 5.69 Å². The Kier molecular flexibility index (Phi) is 7.33. The second-order valence-corrected chi connectivity index (χ2v) is 6.58. The molecule has 0 N–H and O–H groups in total. The third-order valence-electron chi connectivity index (χ3n) is 4.30. The number of carbonyl (C=O) groups excluding carboxylic acids is 1. The summed E-state index contributed by atoms with van der Waals surface area (Å²) in [7, 11) is 3.22. The normalized spacial score (nSPS) is 10.1. The summed E-state index contributed by atoms with van der Waals surface area (Å²) in [5, 5.41) is 0.180. The number of hydrogen-bond donors (Lipinski definition) is 0. The van der Waals surface area contributed by atoms with Gasteiger partial charge in [0.25, 0.3) is 0 Å². The molecule has 7 heteroatoms. The Morgan fingerprint density at radius 1 is 0.800 bits per heavy atom. The van der Waals surface area contributed by atoms with Crippen LogP contribution in [-0.4, -0.2) is 20.3 Å². The average Bonchev–Trinajstić information content (AvgIpc) is 2.79. The smallest absolute Gasteiger partial charge is 0.240 e. The highest BCUT2D eigenvalue weighted by atomic mass is 35.5. The van der Waals surface area contributed by atoms with E-state index in [0.717, 1.165) is 22.6 Å². The van der Waals surface area contributed by atoms with Crippen LogP contribution in [-0.2, 0) is 18.0 Å². The molecule has 0 aliphatic heterocycles. The fraction of sp³-hybridized carbons (Fsp3) is 0.174. The number of benzene rings is 3. The maximum absolute atomic E-state index is 10.7. The number of hydrogen-bond acceptors (Lipinski definition) is 6. The Balaban J connectivity index is 1.80. The second kappa shape index (κ2) is 10.3. The summed E-state index contributed by atoms with van der Waals surface area (Å²) in [6.45, 7) is 0.548. The molecule has 3 rings (SSSR count). The van der Waals surface area contributed by atoms with Crippen LogP contribution in [0, 0.1) is 0 Å². The summed E-state index contributed by atoms with van der Waals surface area (Å²) in [4.78, 5) is 14.3. The minimum atomic E-state index is 0.180. The highest BCUT2D eigenvalue weighted by Crippen LogP contribution is 2.42. The van der Waals surface area contributed by atoms with Gasteiger partial charge in [0, 0.05) is 0 Å². The number of rotatable bonds is 9. The van der Waals surface area contributed by atoms with Crippen LogP contribution < -0.4 is 18.9 Å². The van der Waals surface area contributed by atoms with E-state index >= 15 is 0 Å². The molecule has 0 radical (unpaired) electrons. The van der Waals surface area contributed by atoms with Crippen molar-refractivity contribution < 1.29 is 23.7 Å². The third-order valence-corrected chi connectivity index (χ3v) is 4.67. The molecular formula is C23H20ClNO5. The first-order valence-corrected chi connectivity index (χ1v) is 9.44. The molecule has 0 saturated carbocycles. The lowest BCUT2D eigenvalue weighted by Gasteiger charge is -2.15. The molecule has 0 aliphatic rings. The second-order valence-electron chi connectivity index (χ2n) is 6.20. The fourth-order valence-corrected chi connectivity index (χ4v) is 2.92. The zero-order chi connectivity index (χ0) is 21.3. The van der Waals surface area contributed by atoms with Gasteiger partial charge < -0.3 is 18.9 Å². The van der Waals surface area contributed by atoms with Gasteiger partial charge in [-0.05, 0) is 47.5 Å². The summed E-state index contributed by atoms with van der Waals surface area (Å²) >= 11 is 6.41. The quantitative estimate of drug-likeness (QED) is 0.335. The summed E-state index contributed by atoms with van der Waals surface area (Å²) in [5.74, 6) is 2.26. The van der Waals surface area contributed by atoms with Crippen LogP contribution in [0.1, 0.15) is 11.1 Å². The average molecular weight is 426 g/mol. The van der Waals surface area contributed by atoms with Crippen molar-refractivity contribution >= 4 is 23.4 Å². The predicted octanol–water partition coefficient (Wildman–Crippen LogP) is 5.48. The molecule has 3 aromatic carbocycles. The molecule has 0 saturated heterocycles. The molecule has 0 aliphatic carbocycles. The van der Waals surface area contributed by atoms with Crippen LogP contribution in [0.25, 0.3) is 0 Å². The zero-order valence-electron chi connectivity index (χ0n) is 16.6. The summed E-state index contributed by atoms with van der Waals surface area (Å²) in [6, 6.07) is 18.2. The third kappa shape index (κ3) is 5.32. The van der Waals surface area contributed by atoms with Crippen LogP contribution in [0.15, 0.2) is 65.7 Å². The molecule has 0 fully saturated rings. The van der Waals surface area contributed by atoms with Crippen LogP contribution in [0.2, 0.25) is 5.02 Å². The van der Waals surface area contributed by atoms with Crippen molar-refractivity contribution in [2.45, 2.75) is 13.2 Å². The van der Waals surface area contributed by atoms with Crippen LogP contribution >= 0.6 is 11.6 Å². The molecule has 0 spiro atoms. The van der Waals surface area contributed by atoms with Gasteiger partial charge in [-0.1, -0.05) is 35.9 Å². The van der Waals surface area contributed by atoms with Gasteiger partial charge in [-0.25, -0.2) is 4.79 Å². The fourth-order valence-electron chi connectivity index (χ4n) is 2.67. The molecular weight excluding hydrogens is 406 g/mol. The highest BCUT2D eigenvalue weighted by molar-refractivity contribution is 6.34. The van der Waals surface area contributed by atoms with Crippen LogP contribution in [0.5, 0.6) is 23.0 Å². The first kappa shape index (κ1) is 21.2. The molecule has 0 amide bonds. The molecule has 154 valence electrons. The number of isocyanates is 1. The number of nitrogens with zero attached hydrogens (tertiary/aromatic N) is 1. The number of ether oxygens (including phenoxy) is 4. The van der Waals surface area contributed by atoms with E-state index in [0.29, 0.717) is 18.1 Å². The molecule has 0 aromatic heterocycles. The van der Waals surface area contributed by atoms with E-state index in [1.54, 1.807) is 26.4 Å². The van der Waals surface area contributed by atoms with Gasteiger partial charge >= 0.3 is 0 Å². The Morgan fingerprint density at radius 2 is 1.33 bits per heavy atom. The van der Waals surface area contributed by atoms with E-state index in [4.69, 9.17) is 30.5 Å². The van der Waals surface area contributed by atoms with E-state index in [9.17, 15) is 4.79 Å². The van der Waals surface area contributed by atoms with Crippen molar-refractivity contribution in [1.29, 1.82) is 0 Å². The Morgan fingerprint density at radius 3 is 1.83 bits per heavy atom. The predicted molar refractivity (Wildman–Crippen MR) is 114 cm³/mol. The van der Waals surface area contributed by atoms with Gasteiger partial charge in [0.1, 0.15) is 29.7 Å². The van der Waals surface area contributed by atoms with E-state index in [-0.39, 0.29) is 17.3 Å². The maximum atomic E-state index is 10.7. The minimum absolute atomic E-state index is 0.180. The molecule has 0 unspecified atom stereocenters. The van der Waals surface area contributed by atoms with Crippen molar-refractivity contribution in [3.63, 3.8) is 0 Å². The summed E-state index contributed by atoms with van der Waals surface area (Å²) < 4.78 is 22.2. The SMILES string of the molecule is COc1ccc(COc2ccc(N=C=O)c(Cl)c2OCc2ccc(OC)cc2)cc1. The summed E-state index contributed by atoms with van der Waals surface area (Å²) in [6.07, 6.45) is 1.50. The van der Waals surface area contributed by atoms with Crippen molar-refractivity contribution in [3.05, 3.63) is 76.8 Å². The monoisotopic (exact) mass is 425 g/mol. The molecule has 3 aromatic rings. The minimum Gasteiger partial charge on any atom is -0.497 e. The summed E-state index contributed by atoms with van der Waals surface area (Å²) in [5.41, 5.74) is 2.12. The molecule has 6 nitrogen and oxygen atoms in total. The largest absolute Gasteiger partial charge is 0.497 e. The van der Waals surface area contributed by atoms with Crippen molar-refractivity contribution in [2.75, 3.05) is 14.2 Å². The van der Waals surface area contributed by atoms with E-state index < -0.39 is 0 Å². The molecule has 0 atom stereocenters. The number of halogens is 1. The van der Waals surface area contributed by atoms with Gasteiger partial charge in [0.05, 0.1) is 19.9 Å². The Bertz CT molecular complexity index is 1030. The number of methoxy groups -OCH3 is 2. The highest BCUT2D eigenvalue weighted by Gasteiger charge is 2.15. The lowest BCUT2D eigenvalue weighted by molar-refractivity contribution is 0.256. The zero-order valence-corrected chi connectivity index (χ0v) is 17.3. The van der Waals surface area contributed by atoms with E-state index in [2.05, 4.69) is 4.99 Å². The topological polar surface area (TPSA) is 66.4 Å².